The molecule has 2 heterocycles. The van der Waals surface area contributed by atoms with Crippen LogP contribution in [0.15, 0.2) is 42.6 Å². The summed E-state index contributed by atoms with van der Waals surface area (Å²) in [5.41, 5.74) is 1.82. The zero-order valence-corrected chi connectivity index (χ0v) is 16.5. The highest BCUT2D eigenvalue weighted by Crippen LogP contribution is 2.31. The van der Waals surface area contributed by atoms with Crippen molar-refractivity contribution >= 4 is 36.4 Å². The molecule has 1 N–H and O–H groups in total. The first-order valence-corrected chi connectivity index (χ1v) is 8.22. The SMILES string of the molecule is Cl.Cl.FC(F)(F)Oc1ccc([C@@H](c2ccc(Cl)nc2)N2CCNCC2)cc1. The summed E-state index contributed by atoms with van der Waals surface area (Å²) in [4.78, 5) is 6.40. The van der Waals surface area contributed by atoms with Crippen LogP contribution in [0, 0.1) is 0 Å². The van der Waals surface area contributed by atoms with Crippen LogP contribution in [0.25, 0.3) is 0 Å². The summed E-state index contributed by atoms with van der Waals surface area (Å²) >= 11 is 5.87. The van der Waals surface area contributed by atoms with Crippen LogP contribution in [-0.4, -0.2) is 42.4 Å². The van der Waals surface area contributed by atoms with Crippen LogP contribution in [0.4, 0.5) is 13.2 Å². The molecule has 1 saturated heterocycles. The Balaban J connectivity index is 0.00000182. The van der Waals surface area contributed by atoms with Crippen molar-refractivity contribution in [1.82, 2.24) is 15.2 Å². The molecule has 1 aromatic heterocycles. The van der Waals surface area contributed by atoms with E-state index in [9.17, 15) is 13.2 Å². The van der Waals surface area contributed by atoms with E-state index in [1.807, 2.05) is 6.07 Å². The summed E-state index contributed by atoms with van der Waals surface area (Å²) in [7, 11) is 0. The average Bonchev–Trinajstić information content (AvgIpc) is 2.58. The number of nitrogens with zero attached hydrogens (tertiary/aromatic N) is 2. The number of hydrogen-bond acceptors (Lipinski definition) is 4. The van der Waals surface area contributed by atoms with Crippen molar-refractivity contribution in [2.45, 2.75) is 12.4 Å². The summed E-state index contributed by atoms with van der Waals surface area (Å²) in [6.45, 7) is 3.36. The lowest BCUT2D eigenvalue weighted by atomic mass is 9.97. The quantitative estimate of drug-likeness (QED) is 0.706. The van der Waals surface area contributed by atoms with Gasteiger partial charge in [0.15, 0.2) is 0 Å². The molecule has 1 atom stereocenters. The van der Waals surface area contributed by atoms with Crippen LogP contribution in [0.5, 0.6) is 5.75 Å². The molecule has 1 aliphatic rings. The third-order valence-electron chi connectivity index (χ3n) is 4.01. The zero-order chi connectivity index (χ0) is 17.9. The van der Waals surface area contributed by atoms with Gasteiger partial charge in [-0.2, -0.15) is 0 Å². The molecule has 0 spiro atoms. The van der Waals surface area contributed by atoms with Gasteiger partial charge in [0.05, 0.1) is 6.04 Å². The number of benzene rings is 1. The summed E-state index contributed by atoms with van der Waals surface area (Å²) in [6.07, 6.45) is -2.99. The Hall–Kier alpha value is -1.25. The molecule has 0 radical (unpaired) electrons. The van der Waals surface area contributed by atoms with E-state index < -0.39 is 6.36 Å². The van der Waals surface area contributed by atoms with E-state index in [-0.39, 0.29) is 36.6 Å². The maximum atomic E-state index is 12.3. The predicted molar refractivity (Wildman–Crippen MR) is 103 cm³/mol. The lowest BCUT2D eigenvalue weighted by Crippen LogP contribution is -2.45. The molecule has 0 amide bonds. The average molecular weight is 445 g/mol. The van der Waals surface area contributed by atoms with Crippen LogP contribution in [-0.2, 0) is 0 Å². The number of pyridine rings is 1. The predicted octanol–water partition coefficient (Wildman–Crippen LogP) is 4.47. The lowest BCUT2D eigenvalue weighted by Gasteiger charge is -2.35. The smallest absolute Gasteiger partial charge is 0.406 e. The molecule has 27 heavy (non-hydrogen) atoms. The van der Waals surface area contributed by atoms with Gasteiger partial charge in [0, 0.05) is 32.4 Å². The van der Waals surface area contributed by atoms with Crippen molar-refractivity contribution in [2.75, 3.05) is 26.2 Å². The van der Waals surface area contributed by atoms with Crippen LogP contribution >= 0.6 is 36.4 Å². The van der Waals surface area contributed by atoms with Crippen molar-refractivity contribution < 1.29 is 17.9 Å². The number of ether oxygens (including phenoxy) is 1. The molecule has 150 valence electrons. The van der Waals surface area contributed by atoms with Gasteiger partial charge in [-0.05, 0) is 29.3 Å². The molecule has 2 aromatic rings. The van der Waals surface area contributed by atoms with E-state index in [1.165, 1.54) is 12.1 Å². The van der Waals surface area contributed by atoms with Crippen molar-refractivity contribution in [2.24, 2.45) is 0 Å². The molecule has 0 bridgehead atoms. The van der Waals surface area contributed by atoms with E-state index in [0.717, 1.165) is 37.3 Å². The van der Waals surface area contributed by atoms with Gasteiger partial charge in [0.2, 0.25) is 0 Å². The summed E-state index contributed by atoms with van der Waals surface area (Å²) in [5.74, 6) is -0.232. The monoisotopic (exact) mass is 443 g/mol. The largest absolute Gasteiger partial charge is 0.573 e. The maximum absolute atomic E-state index is 12.3. The van der Waals surface area contributed by atoms with E-state index in [1.54, 1.807) is 24.4 Å². The number of piperazine rings is 1. The molecule has 0 aliphatic carbocycles. The van der Waals surface area contributed by atoms with Crippen molar-refractivity contribution in [3.8, 4) is 5.75 Å². The fourth-order valence-electron chi connectivity index (χ4n) is 2.96. The minimum atomic E-state index is -4.69. The third-order valence-corrected chi connectivity index (χ3v) is 4.24. The molecule has 1 aromatic carbocycles. The lowest BCUT2D eigenvalue weighted by molar-refractivity contribution is -0.274. The van der Waals surface area contributed by atoms with E-state index in [4.69, 9.17) is 11.6 Å². The van der Waals surface area contributed by atoms with E-state index in [0.29, 0.717) is 5.15 Å². The van der Waals surface area contributed by atoms with Crippen LogP contribution in [0.3, 0.4) is 0 Å². The number of halogens is 6. The van der Waals surface area contributed by atoms with Gasteiger partial charge in [0.25, 0.3) is 0 Å². The van der Waals surface area contributed by atoms with Gasteiger partial charge >= 0.3 is 6.36 Å². The normalized spacial score (nSPS) is 16.0. The Morgan fingerprint density at radius 3 is 2.11 bits per heavy atom. The number of rotatable bonds is 4. The molecule has 4 nitrogen and oxygen atoms in total. The van der Waals surface area contributed by atoms with E-state index in [2.05, 4.69) is 19.9 Å². The van der Waals surface area contributed by atoms with Gasteiger partial charge in [-0.25, -0.2) is 4.98 Å². The number of alkyl halides is 3. The second-order valence-corrected chi connectivity index (χ2v) is 6.11. The van der Waals surface area contributed by atoms with Gasteiger partial charge in [-0.3, -0.25) is 4.90 Å². The third kappa shape index (κ3) is 6.69. The first-order chi connectivity index (χ1) is 11.9. The molecule has 1 fully saturated rings. The Morgan fingerprint density at radius 1 is 1.00 bits per heavy atom. The maximum Gasteiger partial charge on any atom is 0.573 e. The Labute approximate surface area is 172 Å². The second-order valence-electron chi connectivity index (χ2n) is 5.72. The molecule has 3 rings (SSSR count). The van der Waals surface area contributed by atoms with Crippen LogP contribution < -0.4 is 10.1 Å². The fourth-order valence-corrected chi connectivity index (χ4v) is 3.07. The minimum absolute atomic E-state index is 0. The number of aromatic nitrogens is 1. The highest BCUT2D eigenvalue weighted by atomic mass is 35.5. The zero-order valence-electron chi connectivity index (χ0n) is 14.1. The Kier molecular flexibility index (Phi) is 9.11. The molecule has 0 unspecified atom stereocenters. The van der Waals surface area contributed by atoms with Gasteiger partial charge < -0.3 is 10.1 Å². The Bertz CT molecular complexity index is 693. The van der Waals surface area contributed by atoms with Gasteiger partial charge in [0.1, 0.15) is 10.9 Å². The molecule has 1 aliphatic heterocycles. The highest BCUT2D eigenvalue weighted by molar-refractivity contribution is 6.29. The van der Waals surface area contributed by atoms with Crippen molar-refractivity contribution in [3.63, 3.8) is 0 Å². The van der Waals surface area contributed by atoms with Crippen molar-refractivity contribution in [3.05, 3.63) is 58.9 Å². The molecule has 10 heteroatoms. The number of hydrogen-bond donors (Lipinski definition) is 1. The first-order valence-electron chi connectivity index (χ1n) is 7.84. The van der Waals surface area contributed by atoms with Gasteiger partial charge in [-0.1, -0.05) is 29.8 Å². The van der Waals surface area contributed by atoms with Crippen LogP contribution in [0.2, 0.25) is 5.15 Å². The van der Waals surface area contributed by atoms with Crippen molar-refractivity contribution in [1.29, 1.82) is 0 Å². The summed E-state index contributed by atoms with van der Waals surface area (Å²) in [5, 5.41) is 3.69. The molecular formula is C17H19Cl3F3N3O. The topological polar surface area (TPSA) is 37.4 Å². The first kappa shape index (κ1) is 23.8. The highest BCUT2D eigenvalue weighted by Gasteiger charge is 2.31. The second kappa shape index (κ2) is 10.3. The minimum Gasteiger partial charge on any atom is -0.406 e. The number of nitrogens with one attached hydrogen (secondary N) is 1. The van der Waals surface area contributed by atoms with Gasteiger partial charge in [-0.15, -0.1) is 38.0 Å². The standard InChI is InChI=1S/C17H17ClF3N3O.2ClH/c18-15-6-3-13(11-23-15)16(24-9-7-22-8-10-24)12-1-4-14(5-2-12)25-17(19,20)21;;/h1-6,11,16,22H,7-10H2;2*1H/t16-;;/m0../s1. The molecule has 0 saturated carbocycles. The summed E-state index contributed by atoms with van der Waals surface area (Å²) in [6, 6.07) is 9.48. The summed E-state index contributed by atoms with van der Waals surface area (Å²) < 4.78 is 41.0. The Morgan fingerprint density at radius 2 is 1.59 bits per heavy atom. The fraction of sp³-hybridized carbons (Fsp3) is 0.353. The molecular weight excluding hydrogens is 426 g/mol. The van der Waals surface area contributed by atoms with E-state index >= 15 is 0 Å². The van der Waals surface area contributed by atoms with Crippen LogP contribution in [0.1, 0.15) is 17.2 Å².